The fourth-order valence-electron chi connectivity index (χ4n) is 2.03. The fraction of sp³-hybridized carbons (Fsp3) is 0.800. The minimum Gasteiger partial charge on any atom is -0.329 e. The molecule has 1 aliphatic rings. The van der Waals surface area contributed by atoms with E-state index in [9.17, 15) is 0 Å². The molecule has 0 fully saturated rings. The second-order valence-electron chi connectivity index (χ2n) is 4.35. The zero-order chi connectivity index (χ0) is 10.8. The van der Waals surface area contributed by atoms with Crippen LogP contribution in [-0.2, 0) is 13.1 Å². The van der Waals surface area contributed by atoms with E-state index in [0.717, 1.165) is 37.8 Å². The summed E-state index contributed by atoms with van der Waals surface area (Å²) in [6.45, 7) is 8.91. The van der Waals surface area contributed by atoms with Gasteiger partial charge in [-0.1, -0.05) is 13.8 Å². The van der Waals surface area contributed by atoms with Crippen LogP contribution in [0.25, 0.3) is 0 Å². The number of rotatable bonds is 3. The van der Waals surface area contributed by atoms with Crippen LogP contribution in [0.3, 0.4) is 0 Å². The maximum atomic E-state index is 5.55. The lowest BCUT2D eigenvalue weighted by atomic mass is 10.2. The third kappa shape index (κ3) is 3.55. The summed E-state index contributed by atoms with van der Waals surface area (Å²) >= 11 is 0. The summed E-state index contributed by atoms with van der Waals surface area (Å²) in [7, 11) is 0. The Balaban J connectivity index is 0.00000128. The number of halogens is 2. The molecule has 0 saturated heterocycles. The first-order valence-corrected chi connectivity index (χ1v) is 5.56. The van der Waals surface area contributed by atoms with Crippen LogP contribution >= 0.6 is 24.8 Å². The van der Waals surface area contributed by atoms with Gasteiger partial charge in [-0.25, -0.2) is 0 Å². The van der Waals surface area contributed by atoms with E-state index in [1.807, 2.05) is 0 Å². The molecule has 7 heteroatoms. The Morgan fingerprint density at radius 2 is 1.94 bits per heavy atom. The highest BCUT2D eigenvalue weighted by molar-refractivity contribution is 5.85. The molecule has 0 bridgehead atoms. The van der Waals surface area contributed by atoms with Crippen molar-refractivity contribution in [2.45, 2.75) is 32.9 Å². The van der Waals surface area contributed by atoms with Crippen LogP contribution in [0.2, 0.25) is 0 Å². The normalized spacial score (nSPS) is 15.1. The Kier molecular flexibility index (Phi) is 7.01. The minimum atomic E-state index is 0. The van der Waals surface area contributed by atoms with E-state index in [2.05, 4.69) is 33.5 Å². The molecular weight excluding hydrogens is 261 g/mol. The number of hydrogen-bond donors (Lipinski definition) is 1. The maximum absolute atomic E-state index is 5.55. The molecular formula is C10H21Cl2N5. The maximum Gasteiger partial charge on any atom is 0.147 e. The third-order valence-corrected chi connectivity index (χ3v) is 2.82. The third-order valence-electron chi connectivity index (χ3n) is 2.82. The molecule has 100 valence electrons. The van der Waals surface area contributed by atoms with E-state index < -0.39 is 0 Å². The standard InChI is InChI=1S/C10H19N5.2ClH/c1-8(2)10-13-12-9-7-14(4-3-11)5-6-15(9)10;;/h8H,3-7,11H2,1-2H3;2*1H. The molecule has 1 aromatic heterocycles. The molecule has 2 heterocycles. The molecule has 1 aromatic rings. The van der Waals surface area contributed by atoms with Gasteiger partial charge in [0.05, 0.1) is 6.54 Å². The van der Waals surface area contributed by atoms with Crippen LogP contribution in [0.4, 0.5) is 0 Å². The SMILES string of the molecule is CC(C)c1nnc2n1CCN(CCN)C2.Cl.Cl. The van der Waals surface area contributed by atoms with Crippen LogP contribution in [0.1, 0.15) is 31.4 Å². The second-order valence-corrected chi connectivity index (χ2v) is 4.35. The first-order valence-electron chi connectivity index (χ1n) is 5.56. The van der Waals surface area contributed by atoms with Crippen molar-refractivity contribution >= 4 is 24.8 Å². The number of hydrogen-bond acceptors (Lipinski definition) is 4. The Morgan fingerprint density at radius 1 is 1.24 bits per heavy atom. The van der Waals surface area contributed by atoms with Gasteiger partial charge < -0.3 is 10.3 Å². The average Bonchev–Trinajstić information content (AvgIpc) is 2.61. The summed E-state index contributed by atoms with van der Waals surface area (Å²) < 4.78 is 2.25. The highest BCUT2D eigenvalue weighted by Crippen LogP contribution is 2.17. The first kappa shape index (κ1) is 16.6. The molecule has 0 saturated carbocycles. The van der Waals surface area contributed by atoms with Crippen molar-refractivity contribution in [3.8, 4) is 0 Å². The van der Waals surface area contributed by atoms with Crippen molar-refractivity contribution in [2.24, 2.45) is 5.73 Å². The van der Waals surface area contributed by atoms with Gasteiger partial charge in [0.1, 0.15) is 11.6 Å². The highest BCUT2D eigenvalue weighted by atomic mass is 35.5. The molecule has 0 atom stereocenters. The van der Waals surface area contributed by atoms with E-state index in [-0.39, 0.29) is 24.8 Å². The average molecular weight is 282 g/mol. The van der Waals surface area contributed by atoms with Crippen molar-refractivity contribution < 1.29 is 0 Å². The number of nitrogens with two attached hydrogens (primary N) is 1. The molecule has 0 aromatic carbocycles. The van der Waals surface area contributed by atoms with Gasteiger partial charge in [-0.05, 0) is 0 Å². The van der Waals surface area contributed by atoms with Gasteiger partial charge in [-0.15, -0.1) is 35.0 Å². The van der Waals surface area contributed by atoms with Gasteiger partial charge >= 0.3 is 0 Å². The van der Waals surface area contributed by atoms with Crippen molar-refractivity contribution in [3.05, 3.63) is 11.6 Å². The van der Waals surface area contributed by atoms with Crippen LogP contribution in [0.5, 0.6) is 0 Å². The van der Waals surface area contributed by atoms with Crippen LogP contribution in [0, 0.1) is 0 Å². The molecule has 0 unspecified atom stereocenters. The highest BCUT2D eigenvalue weighted by Gasteiger charge is 2.21. The van der Waals surface area contributed by atoms with Gasteiger partial charge in [0.25, 0.3) is 0 Å². The lowest BCUT2D eigenvalue weighted by Gasteiger charge is -2.27. The molecule has 0 spiro atoms. The Hall–Kier alpha value is -0.360. The number of aromatic nitrogens is 3. The molecule has 17 heavy (non-hydrogen) atoms. The summed E-state index contributed by atoms with van der Waals surface area (Å²) in [5.74, 6) is 2.64. The predicted octanol–water partition coefficient (Wildman–Crippen LogP) is 1.02. The summed E-state index contributed by atoms with van der Waals surface area (Å²) in [6.07, 6.45) is 0. The quantitative estimate of drug-likeness (QED) is 0.899. The summed E-state index contributed by atoms with van der Waals surface area (Å²) in [4.78, 5) is 2.33. The minimum absolute atomic E-state index is 0. The monoisotopic (exact) mass is 281 g/mol. The zero-order valence-electron chi connectivity index (χ0n) is 10.3. The van der Waals surface area contributed by atoms with E-state index in [1.165, 1.54) is 0 Å². The smallest absolute Gasteiger partial charge is 0.147 e. The zero-order valence-corrected chi connectivity index (χ0v) is 11.9. The first-order chi connectivity index (χ1) is 7.22. The lowest BCUT2D eigenvalue weighted by molar-refractivity contribution is 0.220. The summed E-state index contributed by atoms with van der Waals surface area (Å²) in [5, 5.41) is 8.49. The predicted molar refractivity (Wildman–Crippen MR) is 72.9 cm³/mol. The van der Waals surface area contributed by atoms with Crippen molar-refractivity contribution in [1.82, 2.24) is 19.7 Å². The van der Waals surface area contributed by atoms with E-state index >= 15 is 0 Å². The molecule has 2 N–H and O–H groups in total. The van der Waals surface area contributed by atoms with Crippen LogP contribution in [0.15, 0.2) is 0 Å². The fourth-order valence-corrected chi connectivity index (χ4v) is 2.03. The van der Waals surface area contributed by atoms with Crippen LogP contribution in [-0.4, -0.2) is 39.3 Å². The van der Waals surface area contributed by atoms with Crippen molar-refractivity contribution in [1.29, 1.82) is 0 Å². The Bertz CT molecular complexity index is 339. The van der Waals surface area contributed by atoms with Gasteiger partial charge in [0.2, 0.25) is 0 Å². The topological polar surface area (TPSA) is 60.0 Å². The van der Waals surface area contributed by atoms with Gasteiger partial charge in [-0.2, -0.15) is 0 Å². The van der Waals surface area contributed by atoms with Gasteiger partial charge in [0, 0.05) is 32.1 Å². The van der Waals surface area contributed by atoms with Crippen LogP contribution < -0.4 is 5.73 Å². The molecule has 0 radical (unpaired) electrons. The van der Waals surface area contributed by atoms with Gasteiger partial charge in [-0.3, -0.25) is 4.90 Å². The van der Waals surface area contributed by atoms with E-state index in [0.29, 0.717) is 12.5 Å². The molecule has 1 aliphatic heterocycles. The summed E-state index contributed by atoms with van der Waals surface area (Å²) in [5.41, 5.74) is 5.55. The van der Waals surface area contributed by atoms with E-state index in [1.54, 1.807) is 0 Å². The van der Waals surface area contributed by atoms with E-state index in [4.69, 9.17) is 5.73 Å². The Labute approximate surface area is 115 Å². The summed E-state index contributed by atoms with van der Waals surface area (Å²) in [6, 6.07) is 0. The second kappa shape index (κ2) is 7.16. The Morgan fingerprint density at radius 3 is 2.53 bits per heavy atom. The lowest BCUT2D eigenvalue weighted by Crippen LogP contribution is -2.37. The molecule has 0 aliphatic carbocycles. The van der Waals surface area contributed by atoms with Crippen molar-refractivity contribution in [2.75, 3.05) is 19.6 Å². The number of fused-ring (bicyclic) bond motifs is 1. The number of nitrogens with zero attached hydrogens (tertiary/aromatic N) is 4. The van der Waals surface area contributed by atoms with Gasteiger partial charge in [0.15, 0.2) is 0 Å². The molecule has 0 amide bonds. The van der Waals surface area contributed by atoms with Crippen molar-refractivity contribution in [3.63, 3.8) is 0 Å². The molecule has 2 rings (SSSR count). The largest absolute Gasteiger partial charge is 0.329 e. The molecule has 5 nitrogen and oxygen atoms in total.